The summed E-state index contributed by atoms with van der Waals surface area (Å²) in [7, 11) is 0. The fraction of sp³-hybridized carbons (Fsp3) is 0.385. The Hall–Kier alpha value is -1.59. The van der Waals surface area contributed by atoms with Crippen molar-refractivity contribution in [3.05, 3.63) is 40.5 Å². The van der Waals surface area contributed by atoms with E-state index in [1.807, 2.05) is 6.92 Å². The van der Waals surface area contributed by atoms with Crippen LogP contribution in [-0.2, 0) is 13.0 Å². The second kappa shape index (κ2) is 6.04. The van der Waals surface area contributed by atoms with Gasteiger partial charge in [-0.1, -0.05) is 23.7 Å². The minimum atomic E-state index is -0.664. The van der Waals surface area contributed by atoms with Crippen molar-refractivity contribution in [3.8, 4) is 5.75 Å². The number of benzene rings is 1. The van der Waals surface area contributed by atoms with Crippen LogP contribution in [0.3, 0.4) is 0 Å². The highest BCUT2D eigenvalue weighted by atomic mass is 35.5. The maximum Gasteiger partial charge on any atom is 0.264 e. The van der Waals surface area contributed by atoms with Crippen molar-refractivity contribution in [1.29, 1.82) is 0 Å². The molecule has 0 saturated carbocycles. The molecule has 0 bridgehead atoms. The van der Waals surface area contributed by atoms with Crippen molar-refractivity contribution < 1.29 is 14.4 Å². The minimum absolute atomic E-state index is 0.161. The van der Waals surface area contributed by atoms with Crippen LogP contribution in [0.1, 0.15) is 37.2 Å². The lowest BCUT2D eigenvalue weighted by Gasteiger charge is -2.12. The summed E-state index contributed by atoms with van der Waals surface area (Å²) in [6.45, 7) is 3.76. The molecular formula is C13H15ClN2O3. The number of aliphatic hydroxyl groups excluding tert-OH is 1. The zero-order valence-electron chi connectivity index (χ0n) is 10.8. The van der Waals surface area contributed by atoms with Crippen LogP contribution >= 0.6 is 11.6 Å². The van der Waals surface area contributed by atoms with Crippen molar-refractivity contribution in [2.75, 3.05) is 0 Å². The van der Waals surface area contributed by atoms with E-state index in [1.54, 1.807) is 25.1 Å². The SMILES string of the molecule is CCc1noc(COc2ccc(Cl)cc2[C@H](C)O)n1. The lowest BCUT2D eigenvalue weighted by atomic mass is 10.1. The van der Waals surface area contributed by atoms with E-state index in [2.05, 4.69) is 10.1 Å². The second-order valence-electron chi connectivity index (χ2n) is 4.10. The smallest absolute Gasteiger partial charge is 0.264 e. The first-order valence-corrected chi connectivity index (χ1v) is 6.39. The Morgan fingerprint density at radius 3 is 2.89 bits per heavy atom. The van der Waals surface area contributed by atoms with Crippen LogP contribution in [0.2, 0.25) is 5.02 Å². The van der Waals surface area contributed by atoms with Gasteiger partial charge in [-0.05, 0) is 25.1 Å². The third kappa shape index (κ3) is 3.45. The van der Waals surface area contributed by atoms with Gasteiger partial charge in [0.25, 0.3) is 5.89 Å². The highest BCUT2D eigenvalue weighted by Gasteiger charge is 2.12. The van der Waals surface area contributed by atoms with Crippen molar-refractivity contribution in [1.82, 2.24) is 10.1 Å². The minimum Gasteiger partial charge on any atom is -0.483 e. The number of ether oxygens (including phenoxy) is 1. The highest BCUT2D eigenvalue weighted by molar-refractivity contribution is 6.30. The molecule has 0 saturated heterocycles. The lowest BCUT2D eigenvalue weighted by Crippen LogP contribution is -2.01. The third-order valence-electron chi connectivity index (χ3n) is 2.60. The topological polar surface area (TPSA) is 68.4 Å². The van der Waals surface area contributed by atoms with E-state index < -0.39 is 6.10 Å². The molecule has 1 atom stereocenters. The molecular weight excluding hydrogens is 268 g/mol. The highest BCUT2D eigenvalue weighted by Crippen LogP contribution is 2.28. The maximum absolute atomic E-state index is 9.68. The average Bonchev–Trinajstić information content (AvgIpc) is 2.85. The summed E-state index contributed by atoms with van der Waals surface area (Å²) in [5, 5.41) is 14.0. The largest absolute Gasteiger partial charge is 0.483 e. The molecule has 0 aliphatic heterocycles. The molecule has 0 amide bonds. The van der Waals surface area contributed by atoms with Crippen molar-refractivity contribution >= 4 is 11.6 Å². The molecule has 1 aromatic heterocycles. The predicted octanol–water partition coefficient (Wildman–Crippen LogP) is 2.92. The number of halogens is 1. The zero-order chi connectivity index (χ0) is 13.8. The summed E-state index contributed by atoms with van der Waals surface area (Å²) in [4.78, 5) is 4.14. The molecule has 1 heterocycles. The first kappa shape index (κ1) is 13.8. The van der Waals surface area contributed by atoms with Gasteiger partial charge in [-0.3, -0.25) is 0 Å². The fourth-order valence-corrected chi connectivity index (χ4v) is 1.79. The molecule has 2 aromatic rings. The molecule has 6 heteroatoms. The summed E-state index contributed by atoms with van der Waals surface area (Å²) in [5.74, 6) is 1.60. The Balaban J connectivity index is 2.10. The van der Waals surface area contributed by atoms with Crippen LogP contribution < -0.4 is 4.74 Å². The molecule has 5 nitrogen and oxygen atoms in total. The fourth-order valence-electron chi connectivity index (χ4n) is 1.61. The number of hydrogen-bond donors (Lipinski definition) is 1. The normalized spacial score (nSPS) is 12.4. The van der Waals surface area contributed by atoms with Gasteiger partial charge in [0, 0.05) is 17.0 Å². The quantitative estimate of drug-likeness (QED) is 0.913. The van der Waals surface area contributed by atoms with Gasteiger partial charge in [0.05, 0.1) is 6.10 Å². The van der Waals surface area contributed by atoms with Crippen LogP contribution in [-0.4, -0.2) is 15.2 Å². The summed E-state index contributed by atoms with van der Waals surface area (Å²) in [6, 6.07) is 5.09. The van der Waals surface area contributed by atoms with E-state index >= 15 is 0 Å². The molecule has 102 valence electrons. The molecule has 19 heavy (non-hydrogen) atoms. The monoisotopic (exact) mass is 282 g/mol. The maximum atomic E-state index is 9.68. The Morgan fingerprint density at radius 1 is 1.47 bits per heavy atom. The summed E-state index contributed by atoms with van der Waals surface area (Å²) in [6.07, 6.45) is 0.0474. The van der Waals surface area contributed by atoms with E-state index in [0.717, 1.165) is 0 Å². The molecule has 2 rings (SSSR count). The predicted molar refractivity (Wildman–Crippen MR) is 70.1 cm³/mol. The summed E-state index contributed by atoms with van der Waals surface area (Å²) in [5.41, 5.74) is 0.628. The molecule has 0 fully saturated rings. The Labute approximate surface area is 116 Å². The van der Waals surface area contributed by atoms with Gasteiger partial charge < -0.3 is 14.4 Å². The van der Waals surface area contributed by atoms with Gasteiger partial charge in [-0.2, -0.15) is 4.98 Å². The Kier molecular flexibility index (Phi) is 4.39. The van der Waals surface area contributed by atoms with Crippen molar-refractivity contribution in [3.63, 3.8) is 0 Å². The molecule has 0 aliphatic carbocycles. The van der Waals surface area contributed by atoms with E-state index in [1.165, 1.54) is 0 Å². The van der Waals surface area contributed by atoms with Crippen LogP contribution in [0.4, 0.5) is 0 Å². The molecule has 0 aliphatic rings. The van der Waals surface area contributed by atoms with E-state index in [4.69, 9.17) is 20.9 Å². The van der Waals surface area contributed by atoms with Crippen molar-refractivity contribution in [2.24, 2.45) is 0 Å². The van der Waals surface area contributed by atoms with E-state index in [0.29, 0.717) is 34.5 Å². The standard InChI is InChI=1S/C13H15ClN2O3/c1-3-12-15-13(19-16-12)7-18-11-5-4-9(14)6-10(11)8(2)17/h4-6,8,17H,3,7H2,1-2H3/t8-/m0/s1. The van der Waals surface area contributed by atoms with Gasteiger partial charge in [0.15, 0.2) is 12.4 Å². The number of aliphatic hydroxyl groups is 1. The van der Waals surface area contributed by atoms with Crippen molar-refractivity contribution in [2.45, 2.75) is 33.0 Å². The number of hydrogen-bond acceptors (Lipinski definition) is 5. The van der Waals surface area contributed by atoms with Crippen LogP contribution in [0.5, 0.6) is 5.75 Å². The van der Waals surface area contributed by atoms with Gasteiger partial charge in [-0.15, -0.1) is 0 Å². The third-order valence-corrected chi connectivity index (χ3v) is 2.83. The average molecular weight is 283 g/mol. The van der Waals surface area contributed by atoms with E-state index in [-0.39, 0.29) is 6.61 Å². The van der Waals surface area contributed by atoms with Gasteiger partial charge in [0.1, 0.15) is 5.75 Å². The first-order chi connectivity index (χ1) is 9.10. The van der Waals surface area contributed by atoms with Crippen LogP contribution in [0.25, 0.3) is 0 Å². The van der Waals surface area contributed by atoms with Gasteiger partial charge in [0.2, 0.25) is 0 Å². The van der Waals surface area contributed by atoms with E-state index in [9.17, 15) is 5.11 Å². The molecule has 1 aromatic carbocycles. The lowest BCUT2D eigenvalue weighted by molar-refractivity contribution is 0.185. The number of aromatic nitrogens is 2. The van der Waals surface area contributed by atoms with Gasteiger partial charge >= 0.3 is 0 Å². The Bertz CT molecular complexity index is 555. The molecule has 0 radical (unpaired) electrons. The first-order valence-electron chi connectivity index (χ1n) is 6.02. The number of aryl methyl sites for hydroxylation is 1. The second-order valence-corrected chi connectivity index (χ2v) is 4.54. The summed E-state index contributed by atoms with van der Waals surface area (Å²) < 4.78 is 10.6. The number of nitrogens with zero attached hydrogens (tertiary/aromatic N) is 2. The van der Waals surface area contributed by atoms with Gasteiger partial charge in [-0.25, -0.2) is 0 Å². The molecule has 0 spiro atoms. The zero-order valence-corrected chi connectivity index (χ0v) is 11.5. The summed E-state index contributed by atoms with van der Waals surface area (Å²) >= 11 is 5.89. The molecule has 0 unspecified atom stereocenters. The molecule has 1 N–H and O–H groups in total. The van der Waals surface area contributed by atoms with Crippen LogP contribution in [0, 0.1) is 0 Å². The number of rotatable bonds is 5. The van der Waals surface area contributed by atoms with Crippen LogP contribution in [0.15, 0.2) is 22.7 Å². The Morgan fingerprint density at radius 2 is 2.26 bits per heavy atom.